The SMILES string of the molecule is C=C(C)CCC(=O)CCOCC. The molecule has 0 saturated carbocycles. The van der Waals surface area contributed by atoms with Crippen molar-refractivity contribution in [1.82, 2.24) is 0 Å². The van der Waals surface area contributed by atoms with Crippen LogP contribution < -0.4 is 0 Å². The minimum atomic E-state index is 0.270. The summed E-state index contributed by atoms with van der Waals surface area (Å²) < 4.78 is 5.07. The maximum atomic E-state index is 11.1. The topological polar surface area (TPSA) is 26.3 Å². The van der Waals surface area contributed by atoms with Gasteiger partial charge in [-0.2, -0.15) is 0 Å². The fraction of sp³-hybridized carbons (Fsp3) is 0.700. The molecule has 0 aliphatic rings. The maximum absolute atomic E-state index is 11.1. The lowest BCUT2D eigenvalue weighted by molar-refractivity contribution is -0.120. The Balaban J connectivity index is 3.28. The van der Waals surface area contributed by atoms with Crippen molar-refractivity contribution in [2.75, 3.05) is 13.2 Å². The Bertz CT molecular complexity index is 150. The Kier molecular flexibility index (Phi) is 6.67. The number of allylic oxidation sites excluding steroid dienone is 1. The van der Waals surface area contributed by atoms with Crippen LogP contribution in [0.2, 0.25) is 0 Å². The van der Waals surface area contributed by atoms with Crippen LogP contribution in [0.4, 0.5) is 0 Å². The Morgan fingerprint density at radius 2 is 2.00 bits per heavy atom. The minimum absolute atomic E-state index is 0.270. The molecule has 2 nitrogen and oxygen atoms in total. The first-order valence-electron chi connectivity index (χ1n) is 4.40. The third-order valence-electron chi connectivity index (χ3n) is 1.56. The molecule has 0 saturated heterocycles. The summed E-state index contributed by atoms with van der Waals surface area (Å²) in [7, 11) is 0. The molecule has 0 radical (unpaired) electrons. The average molecular weight is 170 g/mol. The van der Waals surface area contributed by atoms with Gasteiger partial charge in [0, 0.05) is 19.4 Å². The van der Waals surface area contributed by atoms with Crippen LogP contribution in [0.1, 0.15) is 33.1 Å². The van der Waals surface area contributed by atoms with Crippen LogP contribution in [0.3, 0.4) is 0 Å². The quantitative estimate of drug-likeness (QED) is 0.433. The molecule has 0 atom stereocenters. The van der Waals surface area contributed by atoms with Crippen LogP contribution >= 0.6 is 0 Å². The fourth-order valence-corrected chi connectivity index (χ4v) is 0.808. The predicted molar refractivity (Wildman–Crippen MR) is 50.2 cm³/mol. The van der Waals surface area contributed by atoms with Crippen LogP contribution in [0, 0.1) is 0 Å². The van der Waals surface area contributed by atoms with Gasteiger partial charge < -0.3 is 4.74 Å². The highest BCUT2D eigenvalue weighted by atomic mass is 16.5. The fourth-order valence-electron chi connectivity index (χ4n) is 0.808. The Hall–Kier alpha value is -0.630. The molecule has 0 unspecified atom stereocenters. The zero-order valence-corrected chi connectivity index (χ0v) is 8.06. The van der Waals surface area contributed by atoms with Gasteiger partial charge in [0.1, 0.15) is 5.78 Å². The molecule has 0 amide bonds. The van der Waals surface area contributed by atoms with Crippen molar-refractivity contribution in [3.8, 4) is 0 Å². The van der Waals surface area contributed by atoms with Crippen LogP contribution in [0.25, 0.3) is 0 Å². The van der Waals surface area contributed by atoms with Crippen LogP contribution in [0.5, 0.6) is 0 Å². The van der Waals surface area contributed by atoms with Crippen LogP contribution in [-0.4, -0.2) is 19.0 Å². The standard InChI is InChI=1S/C10H18O2/c1-4-12-8-7-10(11)6-5-9(2)3/h2,4-8H2,1,3H3. The van der Waals surface area contributed by atoms with Gasteiger partial charge in [0.05, 0.1) is 6.61 Å². The number of Topliss-reactive ketones (excluding diaryl/α,β-unsaturated/α-hetero) is 1. The van der Waals surface area contributed by atoms with E-state index in [1.54, 1.807) is 0 Å². The molecule has 0 aromatic heterocycles. The van der Waals surface area contributed by atoms with E-state index in [0.29, 0.717) is 26.1 Å². The van der Waals surface area contributed by atoms with E-state index in [2.05, 4.69) is 6.58 Å². The molecule has 0 aromatic rings. The molecule has 12 heavy (non-hydrogen) atoms. The van der Waals surface area contributed by atoms with Crippen molar-refractivity contribution < 1.29 is 9.53 Å². The van der Waals surface area contributed by atoms with Gasteiger partial charge in [-0.3, -0.25) is 4.79 Å². The Labute approximate surface area is 74.6 Å². The zero-order chi connectivity index (χ0) is 9.40. The lowest BCUT2D eigenvalue weighted by atomic mass is 10.1. The summed E-state index contributed by atoms with van der Waals surface area (Å²) in [6, 6.07) is 0. The second kappa shape index (κ2) is 7.04. The lowest BCUT2D eigenvalue weighted by Gasteiger charge is -2.00. The van der Waals surface area contributed by atoms with Gasteiger partial charge >= 0.3 is 0 Å². The number of hydrogen-bond donors (Lipinski definition) is 0. The van der Waals surface area contributed by atoms with E-state index in [4.69, 9.17) is 4.74 Å². The summed E-state index contributed by atoms with van der Waals surface area (Å²) in [5.41, 5.74) is 1.07. The summed E-state index contributed by atoms with van der Waals surface area (Å²) in [6.45, 7) is 8.86. The summed E-state index contributed by atoms with van der Waals surface area (Å²) in [4.78, 5) is 11.1. The molecule has 0 N–H and O–H groups in total. The third kappa shape index (κ3) is 7.48. The van der Waals surface area contributed by atoms with Gasteiger partial charge in [-0.05, 0) is 20.3 Å². The molecule has 0 rings (SSSR count). The zero-order valence-electron chi connectivity index (χ0n) is 8.06. The van der Waals surface area contributed by atoms with Gasteiger partial charge in [0.25, 0.3) is 0 Å². The van der Waals surface area contributed by atoms with E-state index >= 15 is 0 Å². The van der Waals surface area contributed by atoms with Crippen molar-refractivity contribution in [2.24, 2.45) is 0 Å². The number of ketones is 1. The van der Waals surface area contributed by atoms with E-state index in [9.17, 15) is 4.79 Å². The number of carbonyl (C=O) groups excluding carboxylic acids is 1. The average Bonchev–Trinajstić information content (AvgIpc) is 2.01. The molecule has 0 aliphatic carbocycles. The van der Waals surface area contributed by atoms with E-state index < -0.39 is 0 Å². The van der Waals surface area contributed by atoms with Crippen molar-refractivity contribution in [3.05, 3.63) is 12.2 Å². The highest BCUT2D eigenvalue weighted by Crippen LogP contribution is 2.02. The van der Waals surface area contributed by atoms with Crippen LogP contribution in [-0.2, 0) is 9.53 Å². The predicted octanol–water partition coefficient (Wildman–Crippen LogP) is 2.34. The van der Waals surface area contributed by atoms with Gasteiger partial charge in [-0.15, -0.1) is 6.58 Å². The second-order valence-electron chi connectivity index (χ2n) is 2.94. The Morgan fingerprint density at radius 1 is 1.33 bits per heavy atom. The minimum Gasteiger partial charge on any atom is -0.381 e. The molecule has 0 aromatic carbocycles. The van der Waals surface area contributed by atoms with Gasteiger partial charge in [0.15, 0.2) is 0 Å². The van der Waals surface area contributed by atoms with Crippen molar-refractivity contribution in [3.63, 3.8) is 0 Å². The molecular formula is C10H18O2. The van der Waals surface area contributed by atoms with Crippen LogP contribution in [0.15, 0.2) is 12.2 Å². The second-order valence-corrected chi connectivity index (χ2v) is 2.94. The molecule has 2 heteroatoms. The number of hydrogen-bond acceptors (Lipinski definition) is 2. The highest BCUT2D eigenvalue weighted by molar-refractivity contribution is 5.78. The van der Waals surface area contributed by atoms with E-state index in [1.165, 1.54) is 0 Å². The van der Waals surface area contributed by atoms with Crippen molar-refractivity contribution in [1.29, 1.82) is 0 Å². The van der Waals surface area contributed by atoms with E-state index in [1.807, 2.05) is 13.8 Å². The van der Waals surface area contributed by atoms with E-state index in [0.717, 1.165) is 12.0 Å². The lowest BCUT2D eigenvalue weighted by Crippen LogP contribution is -2.03. The maximum Gasteiger partial charge on any atom is 0.135 e. The summed E-state index contributed by atoms with van der Waals surface area (Å²) in [5.74, 6) is 0.270. The molecule has 0 heterocycles. The molecular weight excluding hydrogens is 152 g/mol. The number of carbonyl (C=O) groups is 1. The molecule has 70 valence electrons. The molecule has 0 fully saturated rings. The van der Waals surface area contributed by atoms with Crippen molar-refractivity contribution in [2.45, 2.75) is 33.1 Å². The smallest absolute Gasteiger partial charge is 0.135 e. The number of rotatable bonds is 7. The summed E-state index contributed by atoms with van der Waals surface area (Å²) >= 11 is 0. The highest BCUT2D eigenvalue weighted by Gasteiger charge is 2.00. The first-order valence-corrected chi connectivity index (χ1v) is 4.40. The Morgan fingerprint density at radius 3 is 2.50 bits per heavy atom. The van der Waals surface area contributed by atoms with E-state index in [-0.39, 0.29) is 5.78 Å². The molecule has 0 spiro atoms. The van der Waals surface area contributed by atoms with Gasteiger partial charge in [0.2, 0.25) is 0 Å². The van der Waals surface area contributed by atoms with Crippen molar-refractivity contribution >= 4 is 5.78 Å². The summed E-state index contributed by atoms with van der Waals surface area (Å²) in [6.07, 6.45) is 1.97. The third-order valence-corrected chi connectivity index (χ3v) is 1.56. The molecule has 0 aliphatic heterocycles. The molecule has 0 bridgehead atoms. The first-order chi connectivity index (χ1) is 5.66. The van der Waals surface area contributed by atoms with Gasteiger partial charge in [-0.1, -0.05) is 5.57 Å². The summed E-state index contributed by atoms with van der Waals surface area (Å²) in [5, 5.41) is 0. The normalized spacial score (nSPS) is 9.83. The monoisotopic (exact) mass is 170 g/mol. The van der Waals surface area contributed by atoms with Gasteiger partial charge in [-0.25, -0.2) is 0 Å². The largest absolute Gasteiger partial charge is 0.381 e. The number of ether oxygens (including phenoxy) is 1. The first kappa shape index (κ1) is 11.4.